The first-order chi connectivity index (χ1) is 16.1. The van der Waals surface area contributed by atoms with E-state index >= 15 is 0 Å². The summed E-state index contributed by atoms with van der Waals surface area (Å²) in [7, 11) is 0. The number of barbiturate groups is 1. The second-order valence-corrected chi connectivity index (χ2v) is 7.77. The van der Waals surface area contributed by atoms with Crippen molar-refractivity contribution in [3.05, 3.63) is 107 Å². The van der Waals surface area contributed by atoms with Crippen LogP contribution in [0.1, 0.15) is 29.2 Å². The van der Waals surface area contributed by atoms with Crippen LogP contribution in [0, 0.1) is 0 Å². The topological polar surface area (TPSA) is 90.9 Å². The Balaban J connectivity index is 1.46. The molecule has 2 N–H and O–H groups in total. The maximum absolute atomic E-state index is 12.0. The molecular formula is C26H20N4O3. The number of anilines is 1. The van der Waals surface area contributed by atoms with Crippen molar-refractivity contribution >= 4 is 35.3 Å². The molecule has 0 saturated carbocycles. The Kier molecular flexibility index (Phi) is 5.28. The highest BCUT2D eigenvalue weighted by Crippen LogP contribution is 2.36. The van der Waals surface area contributed by atoms with E-state index in [0.29, 0.717) is 5.56 Å². The van der Waals surface area contributed by atoms with Gasteiger partial charge in [-0.05, 0) is 34.9 Å². The van der Waals surface area contributed by atoms with Crippen molar-refractivity contribution in [2.45, 2.75) is 12.5 Å². The average Bonchev–Trinajstić information content (AvgIpc) is 3.28. The molecule has 0 spiro atoms. The zero-order chi connectivity index (χ0) is 22.8. The monoisotopic (exact) mass is 436 g/mol. The van der Waals surface area contributed by atoms with Crippen LogP contribution in [0.2, 0.25) is 0 Å². The first kappa shape index (κ1) is 20.4. The highest BCUT2D eigenvalue weighted by molar-refractivity contribution is 6.31. The fourth-order valence-corrected chi connectivity index (χ4v) is 3.98. The fourth-order valence-electron chi connectivity index (χ4n) is 3.98. The zero-order valence-electron chi connectivity index (χ0n) is 17.6. The van der Waals surface area contributed by atoms with Crippen LogP contribution in [0.15, 0.2) is 95.6 Å². The van der Waals surface area contributed by atoms with Gasteiger partial charge in [0.1, 0.15) is 5.57 Å². The van der Waals surface area contributed by atoms with Crippen molar-refractivity contribution < 1.29 is 14.4 Å². The van der Waals surface area contributed by atoms with Gasteiger partial charge >= 0.3 is 6.03 Å². The molecule has 0 aliphatic carbocycles. The van der Waals surface area contributed by atoms with Gasteiger partial charge in [0.15, 0.2) is 0 Å². The number of imide groups is 2. The third kappa shape index (κ3) is 4.16. The fraction of sp³-hybridized carbons (Fsp3) is 0.0769. The Hall–Kier alpha value is -4.52. The van der Waals surface area contributed by atoms with Gasteiger partial charge in [0, 0.05) is 6.42 Å². The lowest BCUT2D eigenvalue weighted by atomic mass is 9.98. The molecule has 1 unspecified atom stereocenters. The Morgan fingerprint density at radius 3 is 2.03 bits per heavy atom. The summed E-state index contributed by atoms with van der Waals surface area (Å²) in [4.78, 5) is 35.2. The van der Waals surface area contributed by atoms with Gasteiger partial charge in [-0.25, -0.2) is 4.79 Å². The summed E-state index contributed by atoms with van der Waals surface area (Å²) in [6.07, 6.45) is 2.23. The van der Waals surface area contributed by atoms with E-state index in [-0.39, 0.29) is 11.6 Å². The molecule has 162 valence electrons. The Labute approximate surface area is 190 Å². The summed E-state index contributed by atoms with van der Waals surface area (Å²) in [5.41, 5.74) is 4.71. The van der Waals surface area contributed by atoms with E-state index in [4.69, 9.17) is 5.10 Å². The summed E-state index contributed by atoms with van der Waals surface area (Å²) in [6, 6.07) is 27.0. The molecule has 3 aromatic rings. The Morgan fingerprint density at radius 2 is 1.39 bits per heavy atom. The highest BCUT2D eigenvalue weighted by Gasteiger charge is 2.30. The number of amides is 4. The lowest BCUT2D eigenvalue weighted by molar-refractivity contribution is -0.123. The highest BCUT2D eigenvalue weighted by atomic mass is 16.2. The van der Waals surface area contributed by atoms with Crippen LogP contribution in [-0.4, -0.2) is 23.6 Å². The molecule has 3 aromatic carbocycles. The normalized spacial score (nSPS) is 18.0. The van der Waals surface area contributed by atoms with Crippen LogP contribution in [-0.2, 0) is 9.59 Å². The molecule has 2 heterocycles. The molecule has 7 nitrogen and oxygen atoms in total. The number of urea groups is 1. The third-order valence-electron chi connectivity index (χ3n) is 5.61. The molecule has 1 fully saturated rings. The van der Waals surface area contributed by atoms with Crippen molar-refractivity contribution in [1.29, 1.82) is 0 Å². The van der Waals surface area contributed by atoms with Crippen molar-refractivity contribution in [3.8, 4) is 0 Å². The predicted molar refractivity (Wildman–Crippen MR) is 125 cm³/mol. The van der Waals surface area contributed by atoms with E-state index in [1.165, 1.54) is 11.6 Å². The van der Waals surface area contributed by atoms with Gasteiger partial charge in [0.2, 0.25) is 0 Å². The standard InChI is InChI=1S/C26H20N4O3/c31-24-21(25(32)28-26(33)27-24)15-17-11-13-20(14-12-17)30-23(19-9-5-2-6-10-19)16-22(29-30)18-7-3-1-4-8-18/h1-15,23H,16H2,(H2,27,28,31,32,33). The molecule has 33 heavy (non-hydrogen) atoms. The summed E-state index contributed by atoms with van der Waals surface area (Å²) in [5.74, 6) is -1.43. The smallest absolute Gasteiger partial charge is 0.273 e. The Morgan fingerprint density at radius 1 is 0.788 bits per heavy atom. The molecule has 0 bridgehead atoms. The molecule has 7 heteroatoms. The van der Waals surface area contributed by atoms with E-state index in [2.05, 4.69) is 34.9 Å². The van der Waals surface area contributed by atoms with Crippen LogP contribution < -0.4 is 15.6 Å². The van der Waals surface area contributed by atoms with E-state index in [0.717, 1.165) is 23.4 Å². The van der Waals surface area contributed by atoms with Crippen LogP contribution >= 0.6 is 0 Å². The summed E-state index contributed by atoms with van der Waals surface area (Å²) in [5, 5.41) is 11.1. The molecule has 5 rings (SSSR count). The number of hydrogen-bond acceptors (Lipinski definition) is 5. The first-order valence-corrected chi connectivity index (χ1v) is 10.5. The van der Waals surface area contributed by atoms with Gasteiger partial charge in [0.25, 0.3) is 11.8 Å². The van der Waals surface area contributed by atoms with Gasteiger partial charge < -0.3 is 0 Å². The molecule has 1 atom stereocenters. The van der Waals surface area contributed by atoms with Gasteiger partial charge in [-0.3, -0.25) is 25.2 Å². The number of carbonyl (C=O) groups excluding carboxylic acids is 3. The van der Waals surface area contributed by atoms with E-state index in [1.807, 2.05) is 65.7 Å². The average molecular weight is 436 g/mol. The summed E-state index contributed by atoms with van der Waals surface area (Å²) in [6.45, 7) is 0. The maximum Gasteiger partial charge on any atom is 0.328 e. The van der Waals surface area contributed by atoms with Crippen LogP contribution in [0.25, 0.3) is 6.08 Å². The number of hydrazone groups is 1. The minimum atomic E-state index is -0.814. The Bertz CT molecular complexity index is 1260. The molecular weight excluding hydrogens is 416 g/mol. The predicted octanol–water partition coefficient (Wildman–Crippen LogP) is 3.79. The van der Waals surface area contributed by atoms with E-state index < -0.39 is 17.8 Å². The number of nitrogens with one attached hydrogen (secondary N) is 2. The SMILES string of the molecule is O=C1NC(=O)C(=Cc2ccc(N3N=C(c4ccccc4)CC3c3ccccc3)cc2)C(=O)N1. The lowest BCUT2D eigenvalue weighted by Crippen LogP contribution is -2.51. The van der Waals surface area contributed by atoms with Crippen molar-refractivity contribution in [1.82, 2.24) is 10.6 Å². The first-order valence-electron chi connectivity index (χ1n) is 10.5. The van der Waals surface area contributed by atoms with Crippen LogP contribution in [0.4, 0.5) is 10.5 Å². The van der Waals surface area contributed by atoms with Gasteiger partial charge in [0.05, 0.1) is 17.4 Å². The van der Waals surface area contributed by atoms with Crippen molar-refractivity contribution in [2.75, 3.05) is 5.01 Å². The molecule has 4 amide bonds. The van der Waals surface area contributed by atoms with Gasteiger partial charge in [-0.1, -0.05) is 72.8 Å². The number of benzene rings is 3. The maximum atomic E-state index is 12.0. The molecule has 0 radical (unpaired) electrons. The summed E-state index contributed by atoms with van der Waals surface area (Å²) < 4.78 is 0. The second kappa shape index (κ2) is 8.55. The van der Waals surface area contributed by atoms with Crippen molar-refractivity contribution in [3.63, 3.8) is 0 Å². The lowest BCUT2D eigenvalue weighted by Gasteiger charge is -2.24. The molecule has 2 aliphatic rings. The minimum Gasteiger partial charge on any atom is -0.273 e. The zero-order valence-corrected chi connectivity index (χ0v) is 17.6. The number of hydrogen-bond donors (Lipinski definition) is 2. The van der Waals surface area contributed by atoms with Crippen LogP contribution in [0.3, 0.4) is 0 Å². The summed E-state index contributed by atoms with van der Waals surface area (Å²) >= 11 is 0. The quantitative estimate of drug-likeness (QED) is 0.481. The molecule has 1 saturated heterocycles. The van der Waals surface area contributed by atoms with Crippen LogP contribution in [0.5, 0.6) is 0 Å². The van der Waals surface area contributed by atoms with Gasteiger partial charge in [-0.2, -0.15) is 5.10 Å². The molecule has 0 aromatic heterocycles. The van der Waals surface area contributed by atoms with E-state index in [9.17, 15) is 14.4 Å². The number of carbonyl (C=O) groups is 3. The second-order valence-electron chi connectivity index (χ2n) is 7.77. The molecule has 2 aliphatic heterocycles. The minimum absolute atomic E-state index is 0.0477. The third-order valence-corrected chi connectivity index (χ3v) is 5.61. The van der Waals surface area contributed by atoms with E-state index in [1.54, 1.807) is 0 Å². The number of nitrogens with zero attached hydrogens (tertiary/aromatic N) is 2. The van der Waals surface area contributed by atoms with Crippen molar-refractivity contribution in [2.24, 2.45) is 5.10 Å². The largest absolute Gasteiger partial charge is 0.328 e. The number of rotatable bonds is 4. The van der Waals surface area contributed by atoms with Gasteiger partial charge in [-0.15, -0.1) is 0 Å².